The molecule has 0 aliphatic carbocycles. The number of hydrogen-bond donors (Lipinski definition) is 3. The van der Waals surface area contributed by atoms with E-state index in [2.05, 4.69) is 15.2 Å². The van der Waals surface area contributed by atoms with Crippen LogP contribution in [0.5, 0.6) is 0 Å². The van der Waals surface area contributed by atoms with Crippen molar-refractivity contribution >= 4 is 28.5 Å². The Morgan fingerprint density at radius 1 is 1.37 bits per heavy atom. The number of aryl methyl sites for hydroxylation is 1. The lowest BCUT2D eigenvalue weighted by molar-refractivity contribution is 0.0690. The van der Waals surface area contributed by atoms with Gasteiger partial charge in [0.1, 0.15) is 5.69 Å². The first-order chi connectivity index (χ1) is 9.06. The molecule has 6 heteroatoms. The third-order valence-corrected chi connectivity index (χ3v) is 3.25. The molecule has 5 nitrogen and oxygen atoms in total. The molecule has 1 aromatic carbocycles. The third kappa shape index (κ3) is 1.88. The van der Waals surface area contributed by atoms with E-state index in [-0.39, 0.29) is 5.69 Å². The Kier molecular flexibility index (Phi) is 2.57. The number of carbonyl (C=O) groups is 1. The van der Waals surface area contributed by atoms with Crippen LogP contribution in [0.3, 0.4) is 0 Å². The van der Waals surface area contributed by atoms with Gasteiger partial charge in [-0.15, -0.1) is 0 Å². The molecule has 19 heavy (non-hydrogen) atoms. The van der Waals surface area contributed by atoms with Crippen LogP contribution in [0.4, 0.5) is 0 Å². The topological polar surface area (TPSA) is 81.8 Å². The molecule has 0 aliphatic heterocycles. The van der Waals surface area contributed by atoms with Crippen molar-refractivity contribution in [1.82, 2.24) is 15.2 Å². The average Bonchev–Trinajstić information content (AvgIpc) is 2.91. The summed E-state index contributed by atoms with van der Waals surface area (Å²) in [5.41, 5.74) is 3.37. The second kappa shape index (κ2) is 4.13. The highest BCUT2D eigenvalue weighted by atomic mass is 35.5. The molecule has 0 spiro atoms. The van der Waals surface area contributed by atoms with Crippen LogP contribution in [-0.4, -0.2) is 26.3 Å². The molecule has 2 heterocycles. The minimum Gasteiger partial charge on any atom is -0.477 e. The van der Waals surface area contributed by atoms with E-state index in [0.29, 0.717) is 10.7 Å². The predicted molar refractivity (Wildman–Crippen MR) is 72.6 cm³/mol. The van der Waals surface area contributed by atoms with E-state index in [1.54, 1.807) is 6.07 Å². The zero-order valence-corrected chi connectivity index (χ0v) is 10.7. The van der Waals surface area contributed by atoms with Gasteiger partial charge in [-0.2, -0.15) is 5.10 Å². The fourth-order valence-corrected chi connectivity index (χ4v) is 2.37. The molecule has 0 radical (unpaired) electrons. The summed E-state index contributed by atoms with van der Waals surface area (Å²) < 4.78 is 0. The Labute approximate surface area is 113 Å². The van der Waals surface area contributed by atoms with Crippen molar-refractivity contribution in [3.05, 3.63) is 40.7 Å². The number of nitrogens with zero attached hydrogens (tertiary/aromatic N) is 1. The molecular weight excluding hydrogens is 266 g/mol. The molecule has 0 aliphatic rings. The van der Waals surface area contributed by atoms with Gasteiger partial charge in [-0.3, -0.25) is 5.10 Å². The predicted octanol–water partition coefficient (Wildman–Crippen LogP) is 3.22. The molecule has 3 rings (SSSR count). The monoisotopic (exact) mass is 275 g/mol. The van der Waals surface area contributed by atoms with Gasteiger partial charge in [-0.25, -0.2) is 4.79 Å². The molecular formula is C13H10ClN3O2. The molecule has 0 bridgehead atoms. The summed E-state index contributed by atoms with van der Waals surface area (Å²) in [6.45, 7) is 1.92. The van der Waals surface area contributed by atoms with Crippen LogP contribution < -0.4 is 0 Å². The Balaban J connectivity index is 2.23. The second-order valence-corrected chi connectivity index (χ2v) is 4.72. The average molecular weight is 276 g/mol. The molecule has 0 saturated heterocycles. The molecule has 0 unspecified atom stereocenters. The maximum Gasteiger partial charge on any atom is 0.353 e. The Morgan fingerprint density at radius 2 is 2.16 bits per heavy atom. The lowest BCUT2D eigenvalue weighted by Crippen LogP contribution is -1.95. The van der Waals surface area contributed by atoms with Crippen LogP contribution in [0.2, 0.25) is 5.02 Å². The van der Waals surface area contributed by atoms with Crippen LogP contribution in [0.15, 0.2) is 24.3 Å². The lowest BCUT2D eigenvalue weighted by atomic mass is 10.1. The standard InChI is InChI=1S/C13H10ClN3O2/c1-6-12(10-5-11(13(18)19)17-16-10)8-3-2-7(14)4-9(8)15-6/h2-5,15H,1H3,(H,16,17)(H,18,19). The SMILES string of the molecule is Cc1[nH]c2cc(Cl)ccc2c1-c1cc(C(=O)O)[nH]n1. The smallest absolute Gasteiger partial charge is 0.353 e. The summed E-state index contributed by atoms with van der Waals surface area (Å²) in [4.78, 5) is 14.1. The van der Waals surface area contributed by atoms with Crippen molar-refractivity contribution < 1.29 is 9.90 Å². The number of halogens is 1. The summed E-state index contributed by atoms with van der Waals surface area (Å²) in [6, 6.07) is 7.04. The van der Waals surface area contributed by atoms with Crippen molar-refractivity contribution in [3.63, 3.8) is 0 Å². The number of carboxylic acids is 1. The van der Waals surface area contributed by atoms with Crippen molar-refractivity contribution in [2.75, 3.05) is 0 Å². The highest BCUT2D eigenvalue weighted by Crippen LogP contribution is 2.32. The highest BCUT2D eigenvalue weighted by molar-refractivity contribution is 6.31. The molecule has 0 fully saturated rings. The fourth-order valence-electron chi connectivity index (χ4n) is 2.19. The maximum atomic E-state index is 10.9. The molecule has 0 saturated carbocycles. The number of rotatable bonds is 2. The number of aromatic amines is 2. The number of nitrogens with one attached hydrogen (secondary N) is 2. The van der Waals surface area contributed by atoms with Gasteiger partial charge >= 0.3 is 5.97 Å². The van der Waals surface area contributed by atoms with E-state index < -0.39 is 5.97 Å². The lowest BCUT2D eigenvalue weighted by Gasteiger charge is -1.96. The van der Waals surface area contributed by atoms with E-state index in [1.165, 1.54) is 6.07 Å². The highest BCUT2D eigenvalue weighted by Gasteiger charge is 2.15. The van der Waals surface area contributed by atoms with Crippen molar-refractivity contribution in [1.29, 1.82) is 0 Å². The quantitative estimate of drug-likeness (QED) is 0.671. The molecule has 0 amide bonds. The van der Waals surface area contributed by atoms with Gasteiger partial charge in [0.05, 0.1) is 5.69 Å². The van der Waals surface area contributed by atoms with Crippen molar-refractivity contribution in [3.8, 4) is 11.3 Å². The first-order valence-electron chi connectivity index (χ1n) is 5.63. The van der Waals surface area contributed by atoms with Crippen LogP contribution >= 0.6 is 11.6 Å². The first-order valence-corrected chi connectivity index (χ1v) is 6.01. The van der Waals surface area contributed by atoms with E-state index in [0.717, 1.165) is 22.2 Å². The van der Waals surface area contributed by atoms with Crippen LogP contribution in [0.25, 0.3) is 22.2 Å². The number of H-pyrrole nitrogens is 2. The number of carboxylic acid groups (broad SMARTS) is 1. The molecule has 3 N–H and O–H groups in total. The Hall–Kier alpha value is -2.27. The van der Waals surface area contributed by atoms with E-state index in [4.69, 9.17) is 16.7 Å². The summed E-state index contributed by atoms with van der Waals surface area (Å²) >= 11 is 5.95. The number of benzene rings is 1. The Morgan fingerprint density at radius 3 is 2.84 bits per heavy atom. The molecule has 2 aromatic heterocycles. The number of fused-ring (bicyclic) bond motifs is 1. The van der Waals surface area contributed by atoms with E-state index in [9.17, 15) is 4.79 Å². The largest absolute Gasteiger partial charge is 0.477 e. The molecule has 96 valence electrons. The summed E-state index contributed by atoms with van der Waals surface area (Å²) in [6.07, 6.45) is 0. The fraction of sp³-hybridized carbons (Fsp3) is 0.0769. The number of aromatic carboxylic acids is 1. The van der Waals surface area contributed by atoms with Gasteiger partial charge in [0.25, 0.3) is 0 Å². The first kappa shape index (κ1) is 11.8. The van der Waals surface area contributed by atoms with Gasteiger partial charge in [-0.05, 0) is 25.1 Å². The number of aromatic nitrogens is 3. The zero-order valence-electron chi connectivity index (χ0n) is 9.99. The third-order valence-electron chi connectivity index (χ3n) is 3.01. The van der Waals surface area contributed by atoms with Crippen LogP contribution in [-0.2, 0) is 0 Å². The van der Waals surface area contributed by atoms with Gasteiger partial charge in [-0.1, -0.05) is 17.7 Å². The van der Waals surface area contributed by atoms with Crippen molar-refractivity contribution in [2.24, 2.45) is 0 Å². The molecule has 0 atom stereocenters. The number of hydrogen-bond acceptors (Lipinski definition) is 2. The van der Waals surface area contributed by atoms with Crippen LogP contribution in [0, 0.1) is 6.92 Å². The summed E-state index contributed by atoms with van der Waals surface area (Å²) in [5, 5.41) is 17.1. The zero-order chi connectivity index (χ0) is 13.6. The normalized spacial score (nSPS) is 11.1. The van der Waals surface area contributed by atoms with E-state index in [1.807, 2.05) is 19.1 Å². The minimum atomic E-state index is -1.03. The van der Waals surface area contributed by atoms with Crippen molar-refractivity contribution in [2.45, 2.75) is 6.92 Å². The van der Waals surface area contributed by atoms with E-state index >= 15 is 0 Å². The molecule has 3 aromatic rings. The second-order valence-electron chi connectivity index (χ2n) is 4.29. The van der Waals surface area contributed by atoms with Gasteiger partial charge in [0.2, 0.25) is 0 Å². The summed E-state index contributed by atoms with van der Waals surface area (Å²) in [7, 11) is 0. The summed E-state index contributed by atoms with van der Waals surface area (Å²) in [5.74, 6) is -1.03. The maximum absolute atomic E-state index is 10.9. The minimum absolute atomic E-state index is 0.0673. The van der Waals surface area contributed by atoms with Gasteiger partial charge in [0.15, 0.2) is 0 Å². The van der Waals surface area contributed by atoms with Gasteiger partial charge in [0, 0.05) is 27.2 Å². The van der Waals surface area contributed by atoms with Gasteiger partial charge < -0.3 is 10.1 Å². The Bertz CT molecular complexity index is 788. The van der Waals surface area contributed by atoms with Crippen LogP contribution in [0.1, 0.15) is 16.2 Å².